The van der Waals surface area contributed by atoms with Crippen LogP contribution in [-0.4, -0.2) is 32.7 Å². The van der Waals surface area contributed by atoms with Crippen molar-refractivity contribution < 1.29 is 19.8 Å². The zero-order chi connectivity index (χ0) is 16.6. The monoisotopic (exact) mass is 304 g/mol. The summed E-state index contributed by atoms with van der Waals surface area (Å²) < 4.78 is 1.25. The van der Waals surface area contributed by atoms with Gasteiger partial charge >= 0.3 is 5.97 Å². The molecule has 1 atom stereocenters. The number of carbonyl (C=O) groups is 2. The summed E-state index contributed by atoms with van der Waals surface area (Å²) >= 11 is 0. The van der Waals surface area contributed by atoms with Crippen molar-refractivity contribution in [3.63, 3.8) is 0 Å². The van der Waals surface area contributed by atoms with Gasteiger partial charge in [0.05, 0.1) is 5.52 Å². The largest absolute Gasteiger partial charge is 0.506 e. The van der Waals surface area contributed by atoms with Gasteiger partial charge in [-0.15, -0.1) is 0 Å². The SMILES string of the molecule is Cc1ccc2c(O)c(C(=O)NC(C)C(=O)O)c(=O)n(C)c2c1. The Hall–Kier alpha value is -2.83. The Morgan fingerprint density at radius 3 is 2.55 bits per heavy atom. The van der Waals surface area contributed by atoms with Gasteiger partial charge in [0, 0.05) is 12.4 Å². The second kappa shape index (κ2) is 5.51. The van der Waals surface area contributed by atoms with Crippen LogP contribution in [0.3, 0.4) is 0 Å². The highest BCUT2D eigenvalue weighted by Crippen LogP contribution is 2.26. The van der Waals surface area contributed by atoms with Gasteiger partial charge in [-0.25, -0.2) is 0 Å². The van der Waals surface area contributed by atoms with Crippen molar-refractivity contribution in [1.29, 1.82) is 0 Å². The molecule has 2 rings (SSSR count). The number of aromatic hydroxyl groups is 1. The summed E-state index contributed by atoms with van der Waals surface area (Å²) in [6.07, 6.45) is 0. The number of carbonyl (C=O) groups excluding carboxylic acids is 1. The predicted molar refractivity (Wildman–Crippen MR) is 80.2 cm³/mol. The molecule has 1 unspecified atom stereocenters. The molecule has 1 heterocycles. The van der Waals surface area contributed by atoms with Crippen molar-refractivity contribution in [1.82, 2.24) is 9.88 Å². The smallest absolute Gasteiger partial charge is 0.325 e. The molecule has 7 heteroatoms. The summed E-state index contributed by atoms with van der Waals surface area (Å²) in [5.41, 5.74) is 0.238. The average Bonchev–Trinajstić information content (AvgIpc) is 2.44. The number of benzene rings is 1. The minimum absolute atomic E-state index is 0.348. The normalized spacial score (nSPS) is 12.1. The number of nitrogens with zero attached hydrogens (tertiary/aromatic N) is 1. The van der Waals surface area contributed by atoms with Crippen LogP contribution in [0.5, 0.6) is 5.75 Å². The first kappa shape index (κ1) is 15.6. The van der Waals surface area contributed by atoms with Gasteiger partial charge in [-0.3, -0.25) is 14.4 Å². The summed E-state index contributed by atoms with van der Waals surface area (Å²) in [7, 11) is 1.49. The molecule has 0 aliphatic heterocycles. The van der Waals surface area contributed by atoms with Gasteiger partial charge in [0.25, 0.3) is 11.5 Å². The lowest BCUT2D eigenvalue weighted by atomic mass is 10.1. The van der Waals surface area contributed by atoms with E-state index in [2.05, 4.69) is 5.32 Å². The number of nitrogens with one attached hydrogen (secondary N) is 1. The van der Waals surface area contributed by atoms with E-state index in [1.807, 2.05) is 6.92 Å². The number of amides is 1. The van der Waals surface area contributed by atoms with Gasteiger partial charge in [0.2, 0.25) is 0 Å². The van der Waals surface area contributed by atoms with E-state index in [0.29, 0.717) is 10.9 Å². The number of aromatic nitrogens is 1. The number of aliphatic carboxylic acids is 1. The lowest BCUT2D eigenvalue weighted by Crippen LogP contribution is -2.41. The third kappa shape index (κ3) is 2.52. The molecule has 0 fully saturated rings. The Morgan fingerprint density at radius 2 is 1.95 bits per heavy atom. The quantitative estimate of drug-likeness (QED) is 0.775. The minimum atomic E-state index is -1.24. The van der Waals surface area contributed by atoms with E-state index in [0.717, 1.165) is 5.56 Å². The van der Waals surface area contributed by atoms with Crippen LogP contribution in [0.2, 0.25) is 0 Å². The molecule has 3 N–H and O–H groups in total. The molecule has 1 aromatic heterocycles. The molecule has 0 spiro atoms. The van der Waals surface area contributed by atoms with Gasteiger partial charge in [0.1, 0.15) is 17.4 Å². The van der Waals surface area contributed by atoms with E-state index in [4.69, 9.17) is 5.11 Å². The predicted octanol–water partition coefficient (Wildman–Crippen LogP) is 0.755. The van der Waals surface area contributed by atoms with Crippen LogP contribution in [0, 0.1) is 6.92 Å². The molecule has 0 saturated carbocycles. The molecule has 0 radical (unpaired) electrons. The van der Waals surface area contributed by atoms with E-state index >= 15 is 0 Å². The number of hydrogen-bond acceptors (Lipinski definition) is 4. The maximum absolute atomic E-state index is 12.3. The summed E-state index contributed by atoms with van der Waals surface area (Å²) in [5, 5.41) is 21.6. The lowest BCUT2D eigenvalue weighted by Gasteiger charge is -2.14. The number of pyridine rings is 1. The van der Waals surface area contributed by atoms with Crippen LogP contribution in [0.1, 0.15) is 22.8 Å². The second-order valence-electron chi connectivity index (χ2n) is 5.14. The maximum atomic E-state index is 12.3. The van der Waals surface area contributed by atoms with Gasteiger partial charge < -0.3 is 20.1 Å². The van der Waals surface area contributed by atoms with Crippen molar-refractivity contribution in [3.05, 3.63) is 39.7 Å². The number of carboxylic acids is 1. The van der Waals surface area contributed by atoms with Gasteiger partial charge in [-0.2, -0.15) is 0 Å². The number of carboxylic acid groups (broad SMARTS) is 1. The Morgan fingerprint density at radius 1 is 1.32 bits per heavy atom. The van der Waals surface area contributed by atoms with Crippen molar-refractivity contribution >= 4 is 22.8 Å². The van der Waals surface area contributed by atoms with Crippen molar-refractivity contribution in [2.45, 2.75) is 19.9 Å². The lowest BCUT2D eigenvalue weighted by molar-refractivity contribution is -0.138. The first-order valence-corrected chi connectivity index (χ1v) is 6.60. The van der Waals surface area contributed by atoms with Crippen LogP contribution >= 0.6 is 0 Å². The Labute approximate surface area is 125 Å². The Bertz CT molecular complexity index is 838. The fourth-order valence-corrected chi connectivity index (χ4v) is 2.17. The number of hydrogen-bond donors (Lipinski definition) is 3. The third-order valence-electron chi connectivity index (χ3n) is 3.47. The number of rotatable bonds is 3. The van der Waals surface area contributed by atoms with E-state index in [9.17, 15) is 19.5 Å². The highest BCUT2D eigenvalue weighted by molar-refractivity contribution is 6.03. The minimum Gasteiger partial charge on any atom is -0.506 e. The Balaban J connectivity index is 2.65. The number of fused-ring (bicyclic) bond motifs is 1. The van der Waals surface area contributed by atoms with Gasteiger partial charge in [0.15, 0.2) is 0 Å². The molecule has 22 heavy (non-hydrogen) atoms. The van der Waals surface area contributed by atoms with E-state index in [1.165, 1.54) is 18.5 Å². The fourth-order valence-electron chi connectivity index (χ4n) is 2.17. The van der Waals surface area contributed by atoms with Gasteiger partial charge in [-0.1, -0.05) is 6.07 Å². The highest BCUT2D eigenvalue weighted by Gasteiger charge is 2.24. The van der Waals surface area contributed by atoms with Gasteiger partial charge in [-0.05, 0) is 31.5 Å². The van der Waals surface area contributed by atoms with Crippen molar-refractivity contribution in [3.8, 4) is 5.75 Å². The van der Waals surface area contributed by atoms with E-state index < -0.39 is 34.8 Å². The maximum Gasteiger partial charge on any atom is 0.325 e. The molecule has 0 bridgehead atoms. The third-order valence-corrected chi connectivity index (χ3v) is 3.47. The molecule has 116 valence electrons. The highest BCUT2D eigenvalue weighted by atomic mass is 16.4. The molecule has 0 aliphatic carbocycles. The summed E-state index contributed by atoms with van der Waals surface area (Å²) in [6, 6.07) is 3.90. The average molecular weight is 304 g/mol. The first-order chi connectivity index (χ1) is 10.2. The van der Waals surface area contributed by atoms with Crippen molar-refractivity contribution in [2.75, 3.05) is 0 Å². The molecular weight excluding hydrogens is 288 g/mol. The topological polar surface area (TPSA) is 109 Å². The fraction of sp³-hybridized carbons (Fsp3) is 0.267. The summed E-state index contributed by atoms with van der Waals surface area (Å²) in [5.74, 6) is -2.61. The molecule has 2 aromatic rings. The molecule has 1 aromatic carbocycles. The summed E-state index contributed by atoms with van der Waals surface area (Å²) in [4.78, 5) is 35.2. The van der Waals surface area contributed by atoms with Crippen molar-refractivity contribution in [2.24, 2.45) is 7.05 Å². The molecule has 0 aliphatic rings. The Kier molecular flexibility index (Phi) is 3.90. The zero-order valence-corrected chi connectivity index (χ0v) is 12.4. The molecule has 7 nitrogen and oxygen atoms in total. The van der Waals surface area contributed by atoms with Crippen LogP contribution in [-0.2, 0) is 11.8 Å². The molecule has 1 amide bonds. The first-order valence-electron chi connectivity index (χ1n) is 6.60. The summed E-state index contributed by atoms with van der Waals surface area (Å²) in [6.45, 7) is 3.11. The van der Waals surface area contributed by atoms with Crippen LogP contribution in [0.4, 0.5) is 0 Å². The van der Waals surface area contributed by atoms with Crippen LogP contribution in [0.25, 0.3) is 10.9 Å². The zero-order valence-electron chi connectivity index (χ0n) is 12.4. The van der Waals surface area contributed by atoms with Crippen LogP contribution in [0.15, 0.2) is 23.0 Å². The standard InChI is InChI=1S/C15H16N2O5/c1-7-4-5-9-10(6-7)17(3)14(20)11(12(9)18)13(19)16-8(2)15(21)22/h4-6,8,18H,1-3H3,(H,16,19)(H,21,22). The second-order valence-corrected chi connectivity index (χ2v) is 5.14. The number of aryl methyl sites for hydroxylation is 2. The molecule has 0 saturated heterocycles. The van der Waals surface area contributed by atoms with E-state index in [1.54, 1.807) is 18.2 Å². The van der Waals surface area contributed by atoms with Crippen LogP contribution < -0.4 is 10.9 Å². The van der Waals surface area contributed by atoms with E-state index in [-0.39, 0.29) is 0 Å². The molecular formula is C15H16N2O5.